The lowest BCUT2D eigenvalue weighted by molar-refractivity contribution is 0.475. The van der Waals surface area contributed by atoms with E-state index in [1.54, 1.807) is 48.5 Å². The fraction of sp³-hybridized carbons (Fsp3) is 0.226. The Morgan fingerprint density at radius 1 is 0.424 bits per heavy atom. The Kier molecular flexibility index (Phi) is 17.4. The summed E-state index contributed by atoms with van der Waals surface area (Å²) in [6, 6.07) is 35.1. The predicted molar refractivity (Wildman–Crippen MR) is 147 cm³/mol. The van der Waals surface area contributed by atoms with Crippen molar-refractivity contribution >= 4 is 0 Å². The number of benzene rings is 4. The van der Waals surface area contributed by atoms with Crippen molar-refractivity contribution in [3.63, 3.8) is 0 Å². The zero-order chi connectivity index (χ0) is 21.6. The topological polar surface area (TPSA) is 40.5 Å². The molecule has 2 nitrogen and oxygen atoms in total. The van der Waals surface area contributed by atoms with Crippen molar-refractivity contribution in [3.05, 3.63) is 120 Å². The molecule has 33 heavy (non-hydrogen) atoms. The normalized spacial score (nSPS) is 8.67. The highest BCUT2D eigenvalue weighted by Gasteiger charge is 1.97. The van der Waals surface area contributed by atoms with Gasteiger partial charge in [-0.1, -0.05) is 121 Å². The molecule has 4 aromatic carbocycles. The van der Waals surface area contributed by atoms with Gasteiger partial charge in [-0.3, -0.25) is 0 Å². The van der Waals surface area contributed by atoms with Crippen LogP contribution in [0.2, 0.25) is 0 Å². The molecule has 0 fully saturated rings. The first-order chi connectivity index (χ1) is 14.6. The van der Waals surface area contributed by atoms with Crippen LogP contribution in [0.5, 0.6) is 11.5 Å². The van der Waals surface area contributed by atoms with Gasteiger partial charge in [-0.25, -0.2) is 0 Å². The van der Waals surface area contributed by atoms with Gasteiger partial charge in [-0.15, -0.1) is 0 Å². The lowest BCUT2D eigenvalue weighted by atomic mass is 10.0. The molecular weight excluding hydrogens is 404 g/mol. The first kappa shape index (κ1) is 31.7. The van der Waals surface area contributed by atoms with Crippen molar-refractivity contribution in [2.75, 3.05) is 0 Å². The summed E-state index contributed by atoms with van der Waals surface area (Å²) >= 11 is 0. The van der Waals surface area contributed by atoms with E-state index >= 15 is 0 Å². The average molecular weight is 447 g/mol. The summed E-state index contributed by atoms with van der Waals surface area (Å²) in [6.45, 7) is 4.37. The molecule has 0 heterocycles. The van der Waals surface area contributed by atoms with Crippen molar-refractivity contribution in [1.82, 2.24) is 0 Å². The van der Waals surface area contributed by atoms with Crippen LogP contribution in [0.25, 0.3) is 11.1 Å². The van der Waals surface area contributed by atoms with Gasteiger partial charge in [0.15, 0.2) is 0 Å². The molecule has 4 rings (SSSR count). The maximum Gasteiger partial charge on any atom is 0.115 e. The maximum absolute atomic E-state index is 8.63. The summed E-state index contributed by atoms with van der Waals surface area (Å²) in [5, 5.41) is 17.3. The van der Waals surface area contributed by atoms with Crippen molar-refractivity contribution in [1.29, 1.82) is 0 Å². The molecule has 2 N–H and O–H groups in total. The van der Waals surface area contributed by atoms with Crippen LogP contribution >= 0.6 is 0 Å². The van der Waals surface area contributed by atoms with Gasteiger partial charge in [-0.2, -0.15) is 0 Å². The minimum atomic E-state index is 0. The standard InChI is InChI=1S/C16H18.2C6H6O.3CH4/c1-3-13-5-9-15(10-6-13)16-11-7-14(4-2)8-12-16;2*7-6-4-2-1-3-5-6;;;/h5-12H,3-4H2,1-2H3;2*1-5,7H;3*1H4. The van der Waals surface area contributed by atoms with Gasteiger partial charge in [0, 0.05) is 0 Å². The third kappa shape index (κ3) is 12.2. The highest BCUT2D eigenvalue weighted by Crippen LogP contribution is 2.20. The van der Waals surface area contributed by atoms with Crippen molar-refractivity contribution in [2.24, 2.45) is 0 Å². The van der Waals surface area contributed by atoms with Crippen molar-refractivity contribution in [2.45, 2.75) is 49.0 Å². The first-order valence-corrected chi connectivity index (χ1v) is 10.3. The zero-order valence-electron chi connectivity index (χ0n) is 17.7. The van der Waals surface area contributed by atoms with Crippen LogP contribution in [0.3, 0.4) is 0 Å². The quantitative estimate of drug-likeness (QED) is 0.329. The fourth-order valence-electron chi connectivity index (χ4n) is 2.72. The van der Waals surface area contributed by atoms with Gasteiger partial charge in [0.25, 0.3) is 0 Å². The summed E-state index contributed by atoms with van der Waals surface area (Å²) in [5.74, 6) is 0.644. The van der Waals surface area contributed by atoms with Gasteiger partial charge in [0.05, 0.1) is 0 Å². The van der Waals surface area contributed by atoms with E-state index in [0.717, 1.165) is 12.8 Å². The fourth-order valence-corrected chi connectivity index (χ4v) is 2.72. The van der Waals surface area contributed by atoms with E-state index in [2.05, 4.69) is 62.4 Å². The Morgan fingerprint density at radius 2 is 0.697 bits per heavy atom. The lowest BCUT2D eigenvalue weighted by Gasteiger charge is -2.04. The molecule has 0 aromatic heterocycles. The van der Waals surface area contributed by atoms with E-state index in [1.807, 2.05) is 12.1 Å². The Morgan fingerprint density at radius 3 is 0.879 bits per heavy atom. The number of aromatic hydroxyl groups is 2. The molecule has 0 saturated heterocycles. The van der Waals surface area contributed by atoms with E-state index in [1.165, 1.54) is 22.3 Å². The number of hydrogen-bond acceptors (Lipinski definition) is 2. The van der Waals surface area contributed by atoms with Crippen LogP contribution in [0.1, 0.15) is 47.3 Å². The molecular formula is C31H42O2. The van der Waals surface area contributed by atoms with E-state index in [9.17, 15) is 0 Å². The van der Waals surface area contributed by atoms with Gasteiger partial charge >= 0.3 is 0 Å². The van der Waals surface area contributed by atoms with Crippen LogP contribution in [0, 0.1) is 0 Å². The molecule has 2 heteroatoms. The monoisotopic (exact) mass is 446 g/mol. The van der Waals surface area contributed by atoms with Crippen LogP contribution in [0.4, 0.5) is 0 Å². The van der Waals surface area contributed by atoms with E-state index in [4.69, 9.17) is 10.2 Å². The second-order valence-corrected chi connectivity index (χ2v) is 6.77. The van der Waals surface area contributed by atoms with E-state index in [0.29, 0.717) is 11.5 Å². The number of hydrogen-bond donors (Lipinski definition) is 2. The smallest absolute Gasteiger partial charge is 0.115 e. The van der Waals surface area contributed by atoms with Crippen molar-refractivity contribution < 1.29 is 10.2 Å². The third-order valence-corrected chi connectivity index (χ3v) is 4.57. The van der Waals surface area contributed by atoms with Crippen LogP contribution in [0.15, 0.2) is 109 Å². The van der Waals surface area contributed by atoms with Gasteiger partial charge in [-0.05, 0) is 59.4 Å². The summed E-state index contributed by atoms with van der Waals surface area (Å²) in [4.78, 5) is 0. The Bertz CT molecular complexity index is 862. The molecule has 0 amide bonds. The molecule has 0 radical (unpaired) electrons. The number of phenols is 2. The molecule has 0 bridgehead atoms. The highest BCUT2D eigenvalue weighted by atomic mass is 16.3. The molecule has 0 atom stereocenters. The maximum atomic E-state index is 8.63. The van der Waals surface area contributed by atoms with E-state index in [-0.39, 0.29) is 22.3 Å². The molecule has 0 spiro atoms. The van der Waals surface area contributed by atoms with Crippen LogP contribution < -0.4 is 0 Å². The predicted octanol–water partition coefficient (Wildman–Crippen LogP) is 9.17. The number of para-hydroxylation sites is 2. The van der Waals surface area contributed by atoms with Crippen LogP contribution in [-0.2, 0) is 12.8 Å². The van der Waals surface area contributed by atoms with Gasteiger partial charge < -0.3 is 10.2 Å². The third-order valence-electron chi connectivity index (χ3n) is 4.57. The largest absolute Gasteiger partial charge is 0.508 e. The molecule has 0 aliphatic carbocycles. The van der Waals surface area contributed by atoms with E-state index < -0.39 is 0 Å². The molecule has 4 aromatic rings. The van der Waals surface area contributed by atoms with Crippen molar-refractivity contribution in [3.8, 4) is 22.6 Å². The Balaban J connectivity index is 0. The lowest BCUT2D eigenvalue weighted by Crippen LogP contribution is -1.83. The average Bonchev–Trinajstić information content (AvgIpc) is 2.81. The number of aryl methyl sites for hydroxylation is 2. The Labute approximate surface area is 202 Å². The SMILES string of the molecule is C.C.C.CCc1ccc(-c2ccc(CC)cc2)cc1.Oc1ccccc1.Oc1ccccc1. The summed E-state index contributed by atoms with van der Waals surface area (Å²) < 4.78 is 0. The van der Waals surface area contributed by atoms with Crippen LogP contribution in [-0.4, -0.2) is 10.2 Å². The first-order valence-electron chi connectivity index (χ1n) is 10.3. The van der Waals surface area contributed by atoms with Gasteiger partial charge in [0.1, 0.15) is 11.5 Å². The molecule has 0 aliphatic heterocycles. The Hall–Kier alpha value is -3.52. The summed E-state index contributed by atoms with van der Waals surface area (Å²) in [7, 11) is 0. The second kappa shape index (κ2) is 18.1. The summed E-state index contributed by atoms with van der Waals surface area (Å²) in [5.41, 5.74) is 5.41. The second-order valence-electron chi connectivity index (χ2n) is 6.77. The molecule has 0 aliphatic rings. The number of rotatable bonds is 3. The minimum Gasteiger partial charge on any atom is -0.508 e. The molecule has 178 valence electrons. The summed E-state index contributed by atoms with van der Waals surface area (Å²) in [6.07, 6.45) is 2.21. The zero-order valence-corrected chi connectivity index (χ0v) is 17.7. The molecule has 0 unspecified atom stereocenters. The minimum absolute atomic E-state index is 0. The highest BCUT2D eigenvalue weighted by molar-refractivity contribution is 5.63. The van der Waals surface area contributed by atoms with Gasteiger partial charge in [0.2, 0.25) is 0 Å². The molecule has 0 saturated carbocycles. The number of phenolic OH excluding ortho intramolecular Hbond substituents is 2.